The Morgan fingerprint density at radius 3 is 2.55 bits per heavy atom. The number of allylic oxidation sites excluding steroid dienone is 1. The summed E-state index contributed by atoms with van der Waals surface area (Å²) in [5.74, 6) is 1.00. The van der Waals surface area contributed by atoms with E-state index in [1.807, 2.05) is 69.3 Å². The van der Waals surface area contributed by atoms with E-state index in [4.69, 9.17) is 10.1 Å². The highest BCUT2D eigenvalue weighted by Crippen LogP contribution is 2.37. The van der Waals surface area contributed by atoms with Crippen LogP contribution in [-0.2, 0) is 4.79 Å². The fourth-order valence-electron chi connectivity index (χ4n) is 4.05. The van der Waals surface area contributed by atoms with Crippen molar-refractivity contribution in [1.29, 1.82) is 0 Å². The molecule has 0 spiro atoms. The maximum absolute atomic E-state index is 13.5. The second-order valence-electron chi connectivity index (χ2n) is 8.25. The molecule has 0 bridgehead atoms. The number of benzene rings is 2. The number of amides is 1. The monoisotopic (exact) mass is 436 g/mol. The highest BCUT2D eigenvalue weighted by molar-refractivity contribution is 6.05. The summed E-state index contributed by atoms with van der Waals surface area (Å²) in [4.78, 5) is 22.3. The Kier molecular flexibility index (Phi) is 5.22. The second kappa shape index (κ2) is 8.35. The van der Waals surface area contributed by atoms with Gasteiger partial charge in [-0.1, -0.05) is 59.7 Å². The Hall–Kier alpha value is -4.26. The van der Waals surface area contributed by atoms with Crippen LogP contribution in [0.2, 0.25) is 0 Å². The first kappa shape index (κ1) is 20.6. The van der Waals surface area contributed by atoms with E-state index in [0.717, 1.165) is 22.4 Å². The average molecular weight is 437 g/mol. The number of aryl methyl sites for hydroxylation is 2. The number of pyridine rings is 1. The number of nitrogens with one attached hydrogen (secondary N) is 2. The van der Waals surface area contributed by atoms with Gasteiger partial charge in [-0.15, -0.1) is 5.10 Å². The first-order chi connectivity index (χ1) is 16.0. The fraction of sp³-hybridized carbons (Fsp3) is 0.154. The van der Waals surface area contributed by atoms with Crippen molar-refractivity contribution in [3.63, 3.8) is 0 Å². The Balaban J connectivity index is 1.61. The van der Waals surface area contributed by atoms with Gasteiger partial charge in [0, 0.05) is 17.5 Å². The first-order valence-corrected chi connectivity index (χ1v) is 10.8. The van der Waals surface area contributed by atoms with Gasteiger partial charge in [0.2, 0.25) is 5.95 Å². The molecule has 1 aliphatic rings. The van der Waals surface area contributed by atoms with Crippen molar-refractivity contribution < 1.29 is 4.79 Å². The van der Waals surface area contributed by atoms with E-state index in [-0.39, 0.29) is 5.91 Å². The van der Waals surface area contributed by atoms with Gasteiger partial charge in [-0.25, -0.2) is 4.68 Å². The zero-order chi connectivity index (χ0) is 22.9. The standard InChI is InChI=1S/C26H24N6O/c1-16-9-11-19(12-10-16)24-30-26-28-18(3)22(25(33)29-21-8-5-13-27-15-21)23(32(26)31-24)20-7-4-6-17(2)14-20/h4-15,23H,1-3H3,(H,29,33)(H,28,30,31). The average Bonchev–Trinajstić information content (AvgIpc) is 3.22. The second-order valence-corrected chi connectivity index (χ2v) is 8.25. The van der Waals surface area contributed by atoms with E-state index in [1.165, 1.54) is 5.56 Å². The molecular weight excluding hydrogens is 412 g/mol. The molecule has 2 N–H and O–H groups in total. The number of rotatable bonds is 4. The molecule has 3 heterocycles. The quantitative estimate of drug-likeness (QED) is 0.476. The van der Waals surface area contributed by atoms with E-state index in [9.17, 15) is 4.79 Å². The predicted octanol–water partition coefficient (Wildman–Crippen LogP) is 4.88. The lowest BCUT2D eigenvalue weighted by molar-refractivity contribution is -0.113. The highest BCUT2D eigenvalue weighted by Gasteiger charge is 2.34. The van der Waals surface area contributed by atoms with Crippen molar-refractivity contribution in [2.45, 2.75) is 26.8 Å². The van der Waals surface area contributed by atoms with Crippen LogP contribution in [0.3, 0.4) is 0 Å². The van der Waals surface area contributed by atoms with Gasteiger partial charge in [-0.05, 0) is 38.5 Å². The van der Waals surface area contributed by atoms with Crippen LogP contribution < -0.4 is 10.6 Å². The van der Waals surface area contributed by atoms with Crippen LogP contribution in [0.1, 0.15) is 29.7 Å². The maximum atomic E-state index is 13.5. The number of carbonyl (C=O) groups excluding carboxylic acids is 1. The Morgan fingerprint density at radius 2 is 1.82 bits per heavy atom. The molecule has 5 rings (SSSR count). The summed E-state index contributed by atoms with van der Waals surface area (Å²) in [6, 6.07) is 19.4. The third-order valence-electron chi connectivity index (χ3n) is 5.68. The summed E-state index contributed by atoms with van der Waals surface area (Å²) in [5.41, 5.74) is 6.12. The molecule has 4 aromatic rings. The van der Waals surface area contributed by atoms with Gasteiger partial charge in [0.05, 0.1) is 17.5 Å². The summed E-state index contributed by atoms with van der Waals surface area (Å²) in [6.07, 6.45) is 3.30. The molecule has 0 aliphatic carbocycles. The molecule has 1 aliphatic heterocycles. The molecule has 0 fully saturated rings. The van der Waals surface area contributed by atoms with Crippen LogP contribution in [0.4, 0.5) is 11.6 Å². The van der Waals surface area contributed by atoms with Crippen molar-refractivity contribution >= 4 is 17.5 Å². The largest absolute Gasteiger partial charge is 0.328 e. The summed E-state index contributed by atoms with van der Waals surface area (Å²) in [7, 11) is 0. The van der Waals surface area contributed by atoms with Crippen molar-refractivity contribution in [2.24, 2.45) is 0 Å². The molecule has 7 heteroatoms. The highest BCUT2D eigenvalue weighted by atomic mass is 16.1. The molecule has 1 unspecified atom stereocenters. The number of nitrogens with zero attached hydrogens (tertiary/aromatic N) is 4. The number of carbonyl (C=O) groups is 1. The van der Waals surface area contributed by atoms with Gasteiger partial charge < -0.3 is 10.6 Å². The molecule has 0 saturated heterocycles. The van der Waals surface area contributed by atoms with Crippen LogP contribution >= 0.6 is 0 Å². The topological polar surface area (TPSA) is 84.7 Å². The maximum Gasteiger partial charge on any atom is 0.255 e. The first-order valence-electron chi connectivity index (χ1n) is 10.8. The SMILES string of the molecule is CC1=C(C(=O)Nc2cccnc2)C(c2cccc(C)c2)n2nc(-c3ccc(C)cc3)nc2N1. The normalized spacial score (nSPS) is 15.1. The van der Waals surface area contributed by atoms with Crippen LogP contribution in [0.5, 0.6) is 0 Å². The molecule has 7 nitrogen and oxygen atoms in total. The van der Waals surface area contributed by atoms with E-state index >= 15 is 0 Å². The number of anilines is 2. The Bertz CT molecular complexity index is 1360. The summed E-state index contributed by atoms with van der Waals surface area (Å²) >= 11 is 0. The van der Waals surface area contributed by atoms with Crippen LogP contribution in [0.15, 0.2) is 84.3 Å². The van der Waals surface area contributed by atoms with Crippen molar-refractivity contribution in [3.8, 4) is 11.4 Å². The lowest BCUT2D eigenvalue weighted by Gasteiger charge is -2.28. The predicted molar refractivity (Wildman–Crippen MR) is 129 cm³/mol. The van der Waals surface area contributed by atoms with Crippen LogP contribution in [0, 0.1) is 13.8 Å². The van der Waals surface area contributed by atoms with Gasteiger partial charge in [-0.3, -0.25) is 9.78 Å². The zero-order valence-electron chi connectivity index (χ0n) is 18.7. The van der Waals surface area contributed by atoms with E-state index in [1.54, 1.807) is 23.1 Å². The van der Waals surface area contributed by atoms with Gasteiger partial charge >= 0.3 is 0 Å². The smallest absolute Gasteiger partial charge is 0.255 e. The van der Waals surface area contributed by atoms with Crippen molar-refractivity contribution in [2.75, 3.05) is 10.6 Å². The van der Waals surface area contributed by atoms with E-state index < -0.39 is 6.04 Å². The number of hydrogen-bond acceptors (Lipinski definition) is 5. The minimum absolute atomic E-state index is 0.211. The van der Waals surface area contributed by atoms with Crippen LogP contribution in [-0.4, -0.2) is 25.7 Å². The molecular formula is C26H24N6O. The minimum atomic E-state index is -0.426. The van der Waals surface area contributed by atoms with Gasteiger partial charge in [-0.2, -0.15) is 4.98 Å². The molecule has 1 atom stereocenters. The summed E-state index contributed by atoms with van der Waals surface area (Å²) in [6.45, 7) is 5.98. The molecule has 2 aromatic carbocycles. The lowest BCUT2D eigenvalue weighted by Crippen LogP contribution is -2.31. The van der Waals surface area contributed by atoms with Gasteiger partial charge in [0.1, 0.15) is 6.04 Å². The molecule has 0 saturated carbocycles. The molecule has 2 aromatic heterocycles. The molecule has 0 radical (unpaired) electrons. The summed E-state index contributed by atoms with van der Waals surface area (Å²) in [5, 5.41) is 11.1. The van der Waals surface area contributed by atoms with Crippen LogP contribution in [0.25, 0.3) is 11.4 Å². The molecule has 33 heavy (non-hydrogen) atoms. The van der Waals surface area contributed by atoms with Gasteiger partial charge in [0.25, 0.3) is 5.91 Å². The third-order valence-corrected chi connectivity index (χ3v) is 5.68. The fourth-order valence-corrected chi connectivity index (χ4v) is 4.05. The van der Waals surface area contributed by atoms with Crippen molar-refractivity contribution in [1.82, 2.24) is 19.7 Å². The number of hydrogen-bond donors (Lipinski definition) is 2. The van der Waals surface area contributed by atoms with Gasteiger partial charge in [0.15, 0.2) is 5.82 Å². The van der Waals surface area contributed by atoms with E-state index in [2.05, 4.69) is 21.7 Å². The Labute approximate surface area is 192 Å². The Morgan fingerprint density at radius 1 is 1.00 bits per heavy atom. The number of aromatic nitrogens is 4. The van der Waals surface area contributed by atoms with E-state index in [0.29, 0.717) is 23.0 Å². The molecule has 164 valence electrons. The lowest BCUT2D eigenvalue weighted by atomic mass is 9.94. The van der Waals surface area contributed by atoms with Crippen molar-refractivity contribution in [3.05, 3.63) is 101 Å². The number of fused-ring (bicyclic) bond motifs is 1. The zero-order valence-corrected chi connectivity index (χ0v) is 18.7. The third kappa shape index (κ3) is 4.01. The summed E-state index contributed by atoms with van der Waals surface area (Å²) < 4.78 is 1.80. The molecule has 1 amide bonds. The minimum Gasteiger partial charge on any atom is -0.328 e.